The second-order valence-corrected chi connectivity index (χ2v) is 7.79. The molecular weight excluding hydrogens is 401 g/mol. The second-order valence-electron chi connectivity index (χ2n) is 6.26. The van der Waals surface area contributed by atoms with Gasteiger partial charge in [-0.25, -0.2) is 4.98 Å². The molecule has 1 aliphatic heterocycles. The number of hydrogen-bond donors (Lipinski definition) is 2. The highest BCUT2D eigenvalue weighted by atomic mass is 35.5. The average molecular weight is 420 g/mol. The van der Waals surface area contributed by atoms with Gasteiger partial charge in [0.2, 0.25) is 0 Å². The van der Waals surface area contributed by atoms with E-state index < -0.39 is 0 Å². The molecule has 0 spiro atoms. The number of hydrogen-bond acceptors (Lipinski definition) is 4. The van der Waals surface area contributed by atoms with Crippen LogP contribution in [0, 0.1) is 0 Å². The molecule has 0 saturated carbocycles. The van der Waals surface area contributed by atoms with E-state index in [9.17, 15) is 4.79 Å². The Morgan fingerprint density at radius 3 is 2.93 bits per heavy atom. The first kappa shape index (κ1) is 19.8. The highest BCUT2D eigenvalue weighted by Crippen LogP contribution is 2.25. The number of rotatable bonds is 4. The van der Waals surface area contributed by atoms with Gasteiger partial charge in [-0.3, -0.25) is 10.1 Å². The zero-order chi connectivity index (χ0) is 17.9. The summed E-state index contributed by atoms with van der Waals surface area (Å²) in [6.07, 6.45) is 3.46. The fourth-order valence-electron chi connectivity index (χ4n) is 3.06. The maximum Gasteiger partial charge on any atom is 0.257 e. The average Bonchev–Trinajstić information content (AvgIpc) is 3.10. The molecule has 4 nitrogen and oxygen atoms in total. The summed E-state index contributed by atoms with van der Waals surface area (Å²) in [6, 6.07) is 13.7. The van der Waals surface area contributed by atoms with Crippen molar-refractivity contribution in [3.8, 4) is 0 Å². The molecule has 0 fully saturated rings. The van der Waals surface area contributed by atoms with Gasteiger partial charge in [0.25, 0.3) is 5.91 Å². The van der Waals surface area contributed by atoms with Crippen molar-refractivity contribution in [2.45, 2.75) is 19.4 Å². The largest absolute Gasteiger partial charge is 0.312 e. The van der Waals surface area contributed by atoms with Gasteiger partial charge in [-0.1, -0.05) is 35.9 Å². The maximum atomic E-state index is 12.5. The van der Waals surface area contributed by atoms with Crippen LogP contribution in [0.15, 0.2) is 48.7 Å². The topological polar surface area (TPSA) is 54.0 Å². The molecule has 3 aromatic rings. The Morgan fingerprint density at radius 2 is 2.07 bits per heavy atom. The zero-order valence-corrected chi connectivity index (χ0v) is 16.9. The highest BCUT2D eigenvalue weighted by Gasteiger charge is 2.14. The van der Waals surface area contributed by atoms with E-state index >= 15 is 0 Å². The quantitative estimate of drug-likeness (QED) is 0.643. The Balaban J connectivity index is 0.00000210. The summed E-state index contributed by atoms with van der Waals surface area (Å²) in [7, 11) is 0. The van der Waals surface area contributed by atoms with Crippen molar-refractivity contribution >= 4 is 46.4 Å². The first-order valence-electron chi connectivity index (χ1n) is 8.51. The minimum absolute atomic E-state index is 0. The zero-order valence-electron chi connectivity index (χ0n) is 14.5. The number of aromatic nitrogens is 1. The Kier molecular flexibility index (Phi) is 6.50. The lowest BCUT2D eigenvalue weighted by Gasteiger charge is -2.17. The van der Waals surface area contributed by atoms with Gasteiger partial charge in [-0.05, 0) is 47.9 Å². The summed E-state index contributed by atoms with van der Waals surface area (Å²) in [5, 5.41) is 7.60. The smallest absolute Gasteiger partial charge is 0.257 e. The third-order valence-corrected chi connectivity index (χ3v) is 5.73. The third kappa shape index (κ3) is 4.68. The van der Waals surface area contributed by atoms with E-state index in [1.54, 1.807) is 6.20 Å². The predicted octanol–water partition coefficient (Wildman–Crippen LogP) is 4.71. The fraction of sp³-hybridized carbons (Fsp3) is 0.200. The molecule has 2 aromatic carbocycles. The molecule has 4 rings (SSSR count). The maximum absolute atomic E-state index is 12.5. The summed E-state index contributed by atoms with van der Waals surface area (Å²) in [6.45, 7) is 1.82. The van der Waals surface area contributed by atoms with Crippen LogP contribution < -0.4 is 10.6 Å². The molecular formula is C20H19Cl2N3OS. The van der Waals surface area contributed by atoms with Crippen LogP contribution in [0.1, 0.15) is 31.9 Å². The number of halogens is 2. The Hall–Kier alpha value is -1.92. The Bertz CT molecular complexity index is 958. The Morgan fingerprint density at radius 1 is 1.22 bits per heavy atom. The number of nitrogens with zero attached hydrogens (tertiary/aromatic N) is 1. The van der Waals surface area contributed by atoms with Crippen LogP contribution in [0.5, 0.6) is 0 Å². The highest BCUT2D eigenvalue weighted by molar-refractivity contribution is 7.15. The van der Waals surface area contributed by atoms with E-state index in [1.165, 1.54) is 22.5 Å². The van der Waals surface area contributed by atoms with Crippen molar-refractivity contribution in [3.05, 3.63) is 80.8 Å². The number of fused-ring (bicyclic) bond motifs is 1. The van der Waals surface area contributed by atoms with Gasteiger partial charge in [0.1, 0.15) is 0 Å². The normalized spacial score (nSPS) is 12.8. The van der Waals surface area contributed by atoms with Crippen molar-refractivity contribution in [2.75, 3.05) is 11.9 Å². The number of amides is 1. The molecule has 27 heavy (non-hydrogen) atoms. The van der Waals surface area contributed by atoms with Crippen LogP contribution in [-0.4, -0.2) is 17.4 Å². The molecule has 0 bridgehead atoms. The van der Waals surface area contributed by atoms with Crippen LogP contribution in [0.25, 0.3) is 0 Å². The molecule has 7 heteroatoms. The number of anilines is 1. The molecule has 0 radical (unpaired) electrons. The summed E-state index contributed by atoms with van der Waals surface area (Å²) >= 11 is 7.69. The van der Waals surface area contributed by atoms with Crippen molar-refractivity contribution in [2.24, 2.45) is 0 Å². The Labute approximate surface area is 173 Å². The number of benzene rings is 2. The SMILES string of the molecule is Cl.O=C(Nc1ncc(Cc2ccccc2Cl)s1)c1ccc2c(c1)CCNC2. The molecule has 140 valence electrons. The van der Waals surface area contributed by atoms with Crippen LogP contribution in [-0.2, 0) is 19.4 Å². The molecule has 2 heterocycles. The van der Waals surface area contributed by atoms with Crippen LogP contribution in [0.2, 0.25) is 5.02 Å². The van der Waals surface area contributed by atoms with Crippen molar-refractivity contribution in [1.29, 1.82) is 0 Å². The molecule has 2 N–H and O–H groups in total. The van der Waals surface area contributed by atoms with E-state index in [2.05, 4.69) is 15.6 Å². The van der Waals surface area contributed by atoms with Gasteiger partial charge in [0, 0.05) is 34.6 Å². The number of nitrogens with one attached hydrogen (secondary N) is 2. The minimum atomic E-state index is -0.120. The first-order chi connectivity index (χ1) is 12.7. The minimum Gasteiger partial charge on any atom is -0.312 e. The van der Waals surface area contributed by atoms with Crippen molar-refractivity contribution < 1.29 is 4.79 Å². The van der Waals surface area contributed by atoms with Crippen LogP contribution >= 0.6 is 35.3 Å². The number of thiazole rings is 1. The lowest BCUT2D eigenvalue weighted by atomic mass is 9.98. The van der Waals surface area contributed by atoms with Crippen molar-refractivity contribution in [3.63, 3.8) is 0 Å². The van der Waals surface area contributed by atoms with Gasteiger partial charge in [0.05, 0.1) is 0 Å². The van der Waals surface area contributed by atoms with Gasteiger partial charge < -0.3 is 5.32 Å². The van der Waals surface area contributed by atoms with Crippen LogP contribution in [0.4, 0.5) is 5.13 Å². The summed E-state index contributed by atoms with van der Waals surface area (Å²) in [4.78, 5) is 17.9. The number of carbonyl (C=O) groups excluding carboxylic acids is 1. The monoisotopic (exact) mass is 419 g/mol. The van der Waals surface area contributed by atoms with Crippen LogP contribution in [0.3, 0.4) is 0 Å². The summed E-state index contributed by atoms with van der Waals surface area (Å²) in [5.41, 5.74) is 4.24. The van der Waals surface area contributed by atoms with E-state index in [0.29, 0.717) is 17.1 Å². The summed E-state index contributed by atoms with van der Waals surface area (Å²) < 4.78 is 0. The lowest BCUT2D eigenvalue weighted by molar-refractivity contribution is 0.102. The first-order valence-corrected chi connectivity index (χ1v) is 9.70. The molecule has 1 aliphatic rings. The molecule has 0 atom stereocenters. The molecule has 0 aliphatic carbocycles. The number of carbonyl (C=O) groups is 1. The fourth-order valence-corrected chi connectivity index (χ4v) is 4.10. The molecule has 1 aromatic heterocycles. The molecule has 0 unspecified atom stereocenters. The predicted molar refractivity (Wildman–Crippen MR) is 113 cm³/mol. The lowest BCUT2D eigenvalue weighted by Crippen LogP contribution is -2.24. The van der Waals surface area contributed by atoms with E-state index in [1.807, 2.05) is 42.5 Å². The molecule has 1 amide bonds. The second kappa shape index (κ2) is 8.85. The van der Waals surface area contributed by atoms with E-state index in [4.69, 9.17) is 11.6 Å². The van der Waals surface area contributed by atoms with Crippen molar-refractivity contribution in [1.82, 2.24) is 10.3 Å². The third-order valence-electron chi connectivity index (χ3n) is 4.45. The summed E-state index contributed by atoms with van der Waals surface area (Å²) in [5.74, 6) is -0.120. The van der Waals surface area contributed by atoms with Gasteiger partial charge in [-0.15, -0.1) is 23.7 Å². The van der Waals surface area contributed by atoms with Gasteiger partial charge in [-0.2, -0.15) is 0 Å². The molecule has 0 saturated heterocycles. The van der Waals surface area contributed by atoms with Gasteiger partial charge in [0.15, 0.2) is 5.13 Å². The van der Waals surface area contributed by atoms with E-state index in [-0.39, 0.29) is 18.3 Å². The standard InChI is InChI=1S/C20H18ClN3OS.ClH/c21-18-4-2-1-3-14(18)10-17-12-23-20(26-17)24-19(25)15-5-6-16-11-22-8-7-13(16)9-15;/h1-6,9,12,22H,7-8,10-11H2,(H,23,24,25);1H. The van der Waals surface area contributed by atoms with Gasteiger partial charge >= 0.3 is 0 Å². The van der Waals surface area contributed by atoms with E-state index in [0.717, 1.165) is 35.0 Å².